The Morgan fingerprint density at radius 3 is 2.96 bits per heavy atom. The average Bonchev–Trinajstić information content (AvgIpc) is 3.38. The lowest BCUT2D eigenvalue weighted by Gasteiger charge is -2.26. The SMILES string of the molecule is CN(Cc1ccsc1)C(=NCCCN1CCOCC1)NCCc1ccco1. The van der Waals surface area contributed by atoms with E-state index in [1.54, 1.807) is 17.6 Å². The van der Waals surface area contributed by atoms with Crippen LogP contribution >= 0.6 is 11.3 Å². The Balaban J connectivity index is 1.48. The van der Waals surface area contributed by atoms with Gasteiger partial charge in [-0.3, -0.25) is 9.89 Å². The summed E-state index contributed by atoms with van der Waals surface area (Å²) in [6.45, 7) is 7.36. The molecule has 2 aromatic heterocycles. The van der Waals surface area contributed by atoms with E-state index in [4.69, 9.17) is 14.1 Å². The number of aliphatic imine (C=N–C) groups is 1. The summed E-state index contributed by atoms with van der Waals surface area (Å²) >= 11 is 1.73. The smallest absolute Gasteiger partial charge is 0.193 e. The number of nitrogens with one attached hydrogen (secondary N) is 1. The maximum Gasteiger partial charge on any atom is 0.193 e. The molecule has 0 unspecified atom stereocenters. The summed E-state index contributed by atoms with van der Waals surface area (Å²) in [5.74, 6) is 1.95. The quantitative estimate of drug-likeness (QED) is 0.405. The van der Waals surface area contributed by atoms with Crippen molar-refractivity contribution < 1.29 is 9.15 Å². The van der Waals surface area contributed by atoms with Crippen LogP contribution in [-0.2, 0) is 17.7 Å². The maximum atomic E-state index is 5.42. The molecule has 148 valence electrons. The third kappa shape index (κ3) is 7.01. The molecule has 0 atom stereocenters. The third-order valence-corrected chi connectivity index (χ3v) is 5.33. The summed E-state index contributed by atoms with van der Waals surface area (Å²) in [6.07, 6.45) is 3.64. The number of guanidine groups is 1. The minimum atomic E-state index is 0.809. The molecule has 3 heterocycles. The van der Waals surface area contributed by atoms with Gasteiger partial charge in [0, 0.05) is 52.7 Å². The van der Waals surface area contributed by atoms with E-state index >= 15 is 0 Å². The van der Waals surface area contributed by atoms with Gasteiger partial charge in [-0.25, -0.2) is 0 Å². The first kappa shape index (κ1) is 19.9. The summed E-state index contributed by atoms with van der Waals surface area (Å²) in [5.41, 5.74) is 1.32. The zero-order chi connectivity index (χ0) is 18.7. The molecule has 1 N–H and O–H groups in total. The molecule has 0 aliphatic carbocycles. The number of hydrogen-bond donors (Lipinski definition) is 1. The molecule has 7 heteroatoms. The normalized spacial score (nSPS) is 15.8. The molecule has 0 spiro atoms. The maximum absolute atomic E-state index is 5.42. The largest absolute Gasteiger partial charge is 0.469 e. The van der Waals surface area contributed by atoms with Crippen molar-refractivity contribution in [2.75, 3.05) is 53.0 Å². The van der Waals surface area contributed by atoms with Gasteiger partial charge in [0.05, 0.1) is 19.5 Å². The second kappa shape index (κ2) is 11.1. The van der Waals surface area contributed by atoms with Gasteiger partial charge < -0.3 is 19.4 Å². The van der Waals surface area contributed by atoms with Gasteiger partial charge in [-0.1, -0.05) is 0 Å². The standard InChI is InChI=1S/C20H30N4O2S/c1-23(16-18-6-15-27-17-18)20(22-8-5-19-4-2-12-26-19)21-7-3-9-24-10-13-25-14-11-24/h2,4,6,12,15,17H,3,5,7-11,13-14,16H2,1H3,(H,21,22). The van der Waals surface area contributed by atoms with E-state index in [2.05, 4.69) is 39.0 Å². The number of furan rings is 1. The lowest BCUT2D eigenvalue weighted by molar-refractivity contribution is 0.0377. The Hall–Kier alpha value is -1.83. The molecule has 0 radical (unpaired) electrons. The molecule has 1 saturated heterocycles. The fraction of sp³-hybridized carbons (Fsp3) is 0.550. The van der Waals surface area contributed by atoms with E-state index in [1.807, 2.05) is 12.1 Å². The highest BCUT2D eigenvalue weighted by Crippen LogP contribution is 2.09. The molecule has 0 saturated carbocycles. The van der Waals surface area contributed by atoms with E-state index in [-0.39, 0.29) is 0 Å². The van der Waals surface area contributed by atoms with Gasteiger partial charge in [0.15, 0.2) is 5.96 Å². The second-order valence-electron chi connectivity index (χ2n) is 6.76. The predicted molar refractivity (Wildman–Crippen MR) is 110 cm³/mol. The number of ether oxygens (including phenoxy) is 1. The molecular formula is C20H30N4O2S. The third-order valence-electron chi connectivity index (χ3n) is 4.59. The second-order valence-corrected chi connectivity index (χ2v) is 7.54. The predicted octanol–water partition coefficient (Wildman–Crippen LogP) is 2.68. The summed E-state index contributed by atoms with van der Waals surface area (Å²) in [5, 5.41) is 7.80. The van der Waals surface area contributed by atoms with Gasteiger partial charge in [0.2, 0.25) is 0 Å². The van der Waals surface area contributed by atoms with Crippen LogP contribution in [0, 0.1) is 0 Å². The van der Waals surface area contributed by atoms with Crippen LogP contribution in [0.15, 0.2) is 44.6 Å². The lowest BCUT2D eigenvalue weighted by Crippen LogP contribution is -2.40. The fourth-order valence-corrected chi connectivity index (χ4v) is 3.76. The monoisotopic (exact) mass is 390 g/mol. The highest BCUT2D eigenvalue weighted by molar-refractivity contribution is 7.07. The van der Waals surface area contributed by atoms with Gasteiger partial charge in [-0.05, 0) is 40.9 Å². The highest BCUT2D eigenvalue weighted by Gasteiger charge is 2.10. The van der Waals surface area contributed by atoms with E-state index in [0.29, 0.717) is 0 Å². The summed E-state index contributed by atoms with van der Waals surface area (Å²) in [7, 11) is 2.10. The van der Waals surface area contributed by atoms with Crippen LogP contribution < -0.4 is 5.32 Å². The van der Waals surface area contributed by atoms with Crippen molar-refractivity contribution in [1.29, 1.82) is 0 Å². The van der Waals surface area contributed by atoms with Crippen molar-refractivity contribution in [3.63, 3.8) is 0 Å². The Bertz CT molecular complexity index is 652. The number of hydrogen-bond acceptors (Lipinski definition) is 5. The van der Waals surface area contributed by atoms with Gasteiger partial charge in [0.1, 0.15) is 5.76 Å². The molecule has 2 aromatic rings. The highest BCUT2D eigenvalue weighted by atomic mass is 32.1. The number of rotatable bonds is 9. The van der Waals surface area contributed by atoms with Crippen molar-refractivity contribution in [2.45, 2.75) is 19.4 Å². The fourth-order valence-electron chi connectivity index (χ4n) is 3.10. The Kier molecular flexibility index (Phi) is 8.20. The topological polar surface area (TPSA) is 53.2 Å². The molecule has 1 aliphatic rings. The molecule has 0 aromatic carbocycles. The molecule has 0 amide bonds. The minimum absolute atomic E-state index is 0.809. The van der Waals surface area contributed by atoms with Crippen LogP contribution in [0.4, 0.5) is 0 Å². The van der Waals surface area contributed by atoms with Gasteiger partial charge in [-0.15, -0.1) is 0 Å². The molecule has 27 heavy (non-hydrogen) atoms. The molecule has 1 aliphatic heterocycles. The number of thiophene rings is 1. The Morgan fingerprint density at radius 1 is 1.33 bits per heavy atom. The van der Waals surface area contributed by atoms with E-state index < -0.39 is 0 Å². The Morgan fingerprint density at radius 2 is 2.22 bits per heavy atom. The molecule has 3 rings (SSSR count). The molecule has 6 nitrogen and oxygen atoms in total. The molecular weight excluding hydrogens is 360 g/mol. The Labute approximate surface area is 165 Å². The van der Waals surface area contributed by atoms with Crippen molar-refractivity contribution in [3.05, 3.63) is 46.5 Å². The van der Waals surface area contributed by atoms with Gasteiger partial charge >= 0.3 is 0 Å². The minimum Gasteiger partial charge on any atom is -0.469 e. The van der Waals surface area contributed by atoms with Crippen LogP contribution in [0.3, 0.4) is 0 Å². The zero-order valence-corrected chi connectivity index (χ0v) is 16.9. The molecule has 0 bridgehead atoms. The first-order valence-electron chi connectivity index (χ1n) is 9.64. The summed E-state index contributed by atoms with van der Waals surface area (Å²) in [4.78, 5) is 9.50. The average molecular weight is 391 g/mol. The van der Waals surface area contributed by atoms with E-state index in [0.717, 1.165) is 77.0 Å². The van der Waals surface area contributed by atoms with Gasteiger partial charge in [-0.2, -0.15) is 11.3 Å². The first-order valence-corrected chi connectivity index (χ1v) is 10.6. The summed E-state index contributed by atoms with van der Waals surface area (Å²) < 4.78 is 10.8. The molecule has 1 fully saturated rings. The van der Waals surface area contributed by atoms with Crippen molar-refractivity contribution >= 4 is 17.3 Å². The lowest BCUT2D eigenvalue weighted by atomic mass is 10.3. The first-order chi connectivity index (χ1) is 13.3. The van der Waals surface area contributed by atoms with Crippen LogP contribution in [0.25, 0.3) is 0 Å². The van der Waals surface area contributed by atoms with Crippen LogP contribution in [0.5, 0.6) is 0 Å². The summed E-state index contributed by atoms with van der Waals surface area (Å²) in [6, 6.07) is 6.11. The number of morpholine rings is 1. The van der Waals surface area contributed by atoms with E-state index in [1.165, 1.54) is 5.56 Å². The number of nitrogens with zero attached hydrogens (tertiary/aromatic N) is 3. The van der Waals surface area contributed by atoms with Crippen LogP contribution in [0.1, 0.15) is 17.7 Å². The van der Waals surface area contributed by atoms with E-state index in [9.17, 15) is 0 Å². The zero-order valence-electron chi connectivity index (χ0n) is 16.1. The van der Waals surface area contributed by atoms with Gasteiger partial charge in [0.25, 0.3) is 0 Å². The van der Waals surface area contributed by atoms with Crippen LogP contribution in [0.2, 0.25) is 0 Å². The van der Waals surface area contributed by atoms with Crippen molar-refractivity contribution in [1.82, 2.24) is 15.1 Å². The van der Waals surface area contributed by atoms with Crippen LogP contribution in [-0.4, -0.2) is 68.7 Å². The van der Waals surface area contributed by atoms with Crippen molar-refractivity contribution in [2.24, 2.45) is 4.99 Å². The van der Waals surface area contributed by atoms with Crippen molar-refractivity contribution in [3.8, 4) is 0 Å².